The van der Waals surface area contributed by atoms with Crippen molar-refractivity contribution in [3.63, 3.8) is 0 Å². The van der Waals surface area contributed by atoms with Gasteiger partial charge in [0, 0.05) is 10.9 Å². The first-order valence-corrected chi connectivity index (χ1v) is 9.73. The lowest BCUT2D eigenvalue weighted by Crippen LogP contribution is -2.10. The summed E-state index contributed by atoms with van der Waals surface area (Å²) in [4.78, 5) is 9.66. The second kappa shape index (κ2) is 7.55. The number of rotatable bonds is 4. The Labute approximate surface area is 171 Å². The van der Waals surface area contributed by atoms with E-state index in [4.69, 9.17) is 14.7 Å². The lowest BCUT2D eigenvalue weighted by atomic mass is 9.87. The van der Waals surface area contributed by atoms with Crippen LogP contribution in [0, 0.1) is 0 Å². The molecule has 0 saturated carbocycles. The number of nitrogens with one attached hydrogen (secondary N) is 1. The van der Waals surface area contributed by atoms with E-state index in [1.807, 2.05) is 48.5 Å². The van der Waals surface area contributed by atoms with Gasteiger partial charge in [0.05, 0.1) is 18.3 Å². The lowest BCUT2D eigenvalue weighted by Gasteiger charge is -2.19. The molecular formula is C25H25N3O. The van der Waals surface area contributed by atoms with Crippen LogP contribution in [0.4, 0.5) is 11.5 Å². The van der Waals surface area contributed by atoms with Crippen LogP contribution in [-0.2, 0) is 5.41 Å². The molecule has 1 aromatic heterocycles. The van der Waals surface area contributed by atoms with E-state index < -0.39 is 0 Å². The fourth-order valence-electron chi connectivity index (χ4n) is 3.30. The van der Waals surface area contributed by atoms with Gasteiger partial charge in [-0.2, -0.15) is 0 Å². The van der Waals surface area contributed by atoms with Crippen molar-refractivity contribution < 1.29 is 4.74 Å². The van der Waals surface area contributed by atoms with Crippen LogP contribution < -0.4 is 10.1 Å². The van der Waals surface area contributed by atoms with E-state index in [0.29, 0.717) is 5.82 Å². The monoisotopic (exact) mass is 383 g/mol. The molecule has 0 unspecified atom stereocenters. The molecule has 0 atom stereocenters. The average molecular weight is 383 g/mol. The smallest absolute Gasteiger partial charge is 0.162 e. The molecule has 0 spiro atoms. The lowest BCUT2D eigenvalue weighted by molar-refractivity contribution is 0.417. The summed E-state index contributed by atoms with van der Waals surface area (Å²) in [5.41, 5.74) is 4.16. The molecule has 1 heterocycles. The summed E-state index contributed by atoms with van der Waals surface area (Å²) < 4.78 is 5.48. The number of anilines is 2. The third-order valence-electron chi connectivity index (χ3n) is 4.97. The minimum absolute atomic E-state index is 0.110. The second-order valence-corrected chi connectivity index (χ2v) is 8.07. The number of nitrogens with zero attached hydrogens (tertiary/aromatic N) is 2. The average Bonchev–Trinajstić information content (AvgIpc) is 2.73. The maximum Gasteiger partial charge on any atom is 0.162 e. The van der Waals surface area contributed by atoms with Crippen molar-refractivity contribution in [1.29, 1.82) is 0 Å². The molecule has 0 fully saturated rings. The molecule has 0 saturated heterocycles. The quantitative estimate of drug-likeness (QED) is 0.446. The second-order valence-electron chi connectivity index (χ2n) is 8.07. The van der Waals surface area contributed by atoms with Crippen LogP contribution in [0.2, 0.25) is 0 Å². The largest absolute Gasteiger partial charge is 0.495 e. The Morgan fingerprint density at radius 3 is 2.21 bits per heavy atom. The third kappa shape index (κ3) is 3.92. The van der Waals surface area contributed by atoms with E-state index in [0.717, 1.165) is 33.7 Å². The van der Waals surface area contributed by atoms with E-state index in [9.17, 15) is 0 Å². The van der Waals surface area contributed by atoms with Crippen molar-refractivity contribution in [2.75, 3.05) is 12.4 Å². The highest BCUT2D eigenvalue weighted by Crippen LogP contribution is 2.32. The zero-order valence-electron chi connectivity index (χ0n) is 17.2. The number of hydrogen-bond acceptors (Lipinski definition) is 4. The van der Waals surface area contributed by atoms with Gasteiger partial charge in [-0.1, -0.05) is 69.3 Å². The first kappa shape index (κ1) is 18.9. The summed E-state index contributed by atoms with van der Waals surface area (Å²) >= 11 is 0. The van der Waals surface area contributed by atoms with Gasteiger partial charge in [0.1, 0.15) is 11.6 Å². The van der Waals surface area contributed by atoms with Crippen molar-refractivity contribution in [2.24, 2.45) is 0 Å². The van der Waals surface area contributed by atoms with Gasteiger partial charge in [-0.15, -0.1) is 0 Å². The van der Waals surface area contributed by atoms with Gasteiger partial charge in [0.15, 0.2) is 5.82 Å². The summed E-state index contributed by atoms with van der Waals surface area (Å²) in [7, 11) is 1.67. The maximum atomic E-state index is 5.48. The highest BCUT2D eigenvalue weighted by Gasteiger charge is 2.15. The third-order valence-corrected chi connectivity index (χ3v) is 4.97. The Morgan fingerprint density at radius 2 is 1.48 bits per heavy atom. The van der Waals surface area contributed by atoms with Crippen LogP contribution >= 0.6 is 0 Å². The van der Waals surface area contributed by atoms with Crippen LogP contribution in [-0.4, -0.2) is 17.1 Å². The van der Waals surface area contributed by atoms with Crippen LogP contribution in [0.3, 0.4) is 0 Å². The molecule has 0 aliphatic heterocycles. The molecular weight excluding hydrogens is 358 g/mol. The van der Waals surface area contributed by atoms with E-state index in [1.165, 1.54) is 5.56 Å². The summed E-state index contributed by atoms with van der Waals surface area (Å²) in [6.07, 6.45) is 0. The molecule has 1 N–H and O–H groups in total. The Hall–Kier alpha value is -3.40. The number of aromatic nitrogens is 2. The number of para-hydroxylation sites is 3. The first-order chi connectivity index (χ1) is 14.0. The first-order valence-electron chi connectivity index (χ1n) is 9.73. The van der Waals surface area contributed by atoms with Gasteiger partial charge in [-0.25, -0.2) is 9.97 Å². The van der Waals surface area contributed by atoms with Gasteiger partial charge >= 0.3 is 0 Å². The molecule has 0 bridgehead atoms. The summed E-state index contributed by atoms with van der Waals surface area (Å²) in [5.74, 6) is 2.22. The van der Waals surface area contributed by atoms with Crippen molar-refractivity contribution >= 4 is 22.4 Å². The summed E-state index contributed by atoms with van der Waals surface area (Å²) in [6, 6.07) is 24.4. The predicted molar refractivity (Wildman–Crippen MR) is 120 cm³/mol. The summed E-state index contributed by atoms with van der Waals surface area (Å²) in [5, 5.41) is 4.40. The Kier molecular flexibility index (Phi) is 4.93. The number of benzene rings is 3. The molecule has 0 aliphatic rings. The Bertz CT molecular complexity index is 1140. The standard InChI is InChI=1S/C25H25N3O/c1-25(2,3)18-15-13-17(14-16-18)23-26-20-10-6-5-9-19(20)24(28-23)27-21-11-7-8-12-22(21)29-4/h5-16H,1-4H3,(H,26,27,28). The number of methoxy groups -OCH3 is 1. The van der Waals surface area contributed by atoms with Crippen LogP contribution in [0.25, 0.3) is 22.3 Å². The zero-order chi connectivity index (χ0) is 20.4. The number of fused-ring (bicyclic) bond motifs is 1. The van der Waals surface area contributed by atoms with Crippen molar-refractivity contribution in [2.45, 2.75) is 26.2 Å². The molecule has 0 amide bonds. The van der Waals surface area contributed by atoms with Gasteiger partial charge < -0.3 is 10.1 Å². The van der Waals surface area contributed by atoms with Crippen molar-refractivity contribution in [3.8, 4) is 17.1 Å². The van der Waals surface area contributed by atoms with E-state index in [-0.39, 0.29) is 5.41 Å². The molecule has 4 nitrogen and oxygen atoms in total. The minimum atomic E-state index is 0.110. The highest BCUT2D eigenvalue weighted by atomic mass is 16.5. The molecule has 4 aromatic rings. The van der Waals surface area contributed by atoms with E-state index in [2.05, 4.69) is 50.4 Å². The maximum absolute atomic E-state index is 5.48. The molecule has 3 aromatic carbocycles. The van der Waals surface area contributed by atoms with Crippen molar-refractivity contribution in [3.05, 3.63) is 78.4 Å². The van der Waals surface area contributed by atoms with Crippen LogP contribution in [0.15, 0.2) is 72.8 Å². The molecule has 146 valence electrons. The molecule has 0 radical (unpaired) electrons. The van der Waals surface area contributed by atoms with Crippen molar-refractivity contribution in [1.82, 2.24) is 9.97 Å². The molecule has 4 rings (SSSR count). The van der Waals surface area contributed by atoms with Crippen LogP contribution in [0.1, 0.15) is 26.3 Å². The normalized spacial score (nSPS) is 11.4. The summed E-state index contributed by atoms with van der Waals surface area (Å²) in [6.45, 7) is 6.64. The van der Waals surface area contributed by atoms with Gasteiger partial charge in [0.2, 0.25) is 0 Å². The van der Waals surface area contributed by atoms with E-state index in [1.54, 1.807) is 7.11 Å². The molecule has 0 aliphatic carbocycles. The van der Waals surface area contributed by atoms with Gasteiger partial charge in [-0.3, -0.25) is 0 Å². The van der Waals surface area contributed by atoms with Gasteiger partial charge in [0.25, 0.3) is 0 Å². The highest BCUT2D eigenvalue weighted by molar-refractivity contribution is 5.92. The minimum Gasteiger partial charge on any atom is -0.495 e. The Morgan fingerprint density at radius 1 is 0.793 bits per heavy atom. The zero-order valence-corrected chi connectivity index (χ0v) is 17.2. The fraction of sp³-hybridized carbons (Fsp3) is 0.200. The SMILES string of the molecule is COc1ccccc1Nc1nc(-c2ccc(C(C)(C)C)cc2)nc2ccccc12. The number of ether oxygens (including phenoxy) is 1. The van der Waals surface area contributed by atoms with E-state index >= 15 is 0 Å². The topological polar surface area (TPSA) is 47.0 Å². The van der Waals surface area contributed by atoms with Crippen LogP contribution in [0.5, 0.6) is 5.75 Å². The Balaban J connectivity index is 1.81. The molecule has 4 heteroatoms. The fourth-order valence-corrected chi connectivity index (χ4v) is 3.30. The predicted octanol–water partition coefficient (Wildman–Crippen LogP) is 6.35. The number of hydrogen-bond donors (Lipinski definition) is 1. The van der Waals surface area contributed by atoms with Gasteiger partial charge in [-0.05, 0) is 35.2 Å². The molecule has 29 heavy (non-hydrogen) atoms.